The molecule has 1 aliphatic carbocycles. The van der Waals surface area contributed by atoms with Crippen LogP contribution in [0.15, 0.2) is 34.2 Å². The van der Waals surface area contributed by atoms with Gasteiger partial charge in [-0.15, -0.1) is 0 Å². The van der Waals surface area contributed by atoms with E-state index in [9.17, 15) is 9.59 Å². The van der Waals surface area contributed by atoms with Gasteiger partial charge < -0.3 is 10.3 Å². The molecule has 1 amide bonds. The van der Waals surface area contributed by atoms with Gasteiger partial charge in [0.05, 0.1) is 10.9 Å². The summed E-state index contributed by atoms with van der Waals surface area (Å²) in [7, 11) is 0. The molecule has 5 nitrogen and oxygen atoms in total. The van der Waals surface area contributed by atoms with E-state index in [1.165, 1.54) is 11.8 Å². The summed E-state index contributed by atoms with van der Waals surface area (Å²) in [5, 5.41) is 3.27. The van der Waals surface area contributed by atoms with Crippen LogP contribution in [-0.2, 0) is 24.1 Å². The molecule has 0 saturated carbocycles. The van der Waals surface area contributed by atoms with Gasteiger partial charge in [-0.25, -0.2) is 4.98 Å². The van der Waals surface area contributed by atoms with Crippen LogP contribution in [0.25, 0.3) is 0 Å². The first-order valence-electron chi connectivity index (χ1n) is 9.29. The summed E-state index contributed by atoms with van der Waals surface area (Å²) in [5.74, 6) is -0.0567. The van der Waals surface area contributed by atoms with E-state index in [0.717, 1.165) is 54.6 Å². The Labute approximate surface area is 158 Å². The van der Waals surface area contributed by atoms with Gasteiger partial charge in [0.2, 0.25) is 5.91 Å². The van der Waals surface area contributed by atoms with Gasteiger partial charge in [-0.05, 0) is 50.2 Å². The molecule has 0 radical (unpaired) electrons. The van der Waals surface area contributed by atoms with Crippen molar-refractivity contribution in [2.24, 2.45) is 0 Å². The van der Waals surface area contributed by atoms with Crippen molar-refractivity contribution in [3.05, 3.63) is 51.4 Å². The van der Waals surface area contributed by atoms with E-state index in [0.29, 0.717) is 11.6 Å². The van der Waals surface area contributed by atoms with Crippen LogP contribution in [0, 0.1) is 0 Å². The minimum atomic E-state index is -0.301. The fourth-order valence-corrected chi connectivity index (χ4v) is 4.17. The number of para-hydroxylation sites is 1. The van der Waals surface area contributed by atoms with Gasteiger partial charge in [-0.2, -0.15) is 0 Å². The average molecular weight is 372 g/mol. The van der Waals surface area contributed by atoms with Gasteiger partial charge in [0.1, 0.15) is 0 Å². The number of amides is 1. The molecular weight excluding hydrogens is 346 g/mol. The number of carbonyl (C=O) groups is 1. The van der Waals surface area contributed by atoms with Crippen LogP contribution in [-0.4, -0.2) is 21.1 Å². The number of carbonyl (C=O) groups excluding carboxylic acids is 1. The Morgan fingerprint density at radius 2 is 2.04 bits per heavy atom. The molecule has 26 heavy (non-hydrogen) atoms. The number of H-pyrrole nitrogens is 1. The summed E-state index contributed by atoms with van der Waals surface area (Å²) in [6.07, 6.45) is 5.28. The Morgan fingerprint density at radius 1 is 1.27 bits per heavy atom. The SMILES string of the molecule is CCc1ccccc1NC(=O)C(CC)Sc1nc2c(c(=O)[nH]1)CCCC2. The number of nitrogens with zero attached hydrogens (tertiary/aromatic N) is 1. The van der Waals surface area contributed by atoms with Crippen LogP contribution in [0.5, 0.6) is 0 Å². The van der Waals surface area contributed by atoms with Crippen LogP contribution < -0.4 is 10.9 Å². The Morgan fingerprint density at radius 3 is 2.81 bits per heavy atom. The molecule has 0 saturated heterocycles. The lowest BCUT2D eigenvalue weighted by Gasteiger charge is -2.18. The number of aromatic amines is 1. The molecule has 0 fully saturated rings. The maximum absolute atomic E-state index is 12.7. The van der Waals surface area contributed by atoms with Crippen molar-refractivity contribution in [2.75, 3.05) is 5.32 Å². The maximum atomic E-state index is 12.7. The zero-order valence-corrected chi connectivity index (χ0v) is 16.1. The minimum Gasteiger partial charge on any atom is -0.325 e. The molecule has 1 aliphatic rings. The minimum absolute atomic E-state index is 0.0520. The van der Waals surface area contributed by atoms with Gasteiger partial charge in [-0.1, -0.05) is 43.8 Å². The van der Waals surface area contributed by atoms with E-state index in [-0.39, 0.29) is 16.7 Å². The molecule has 138 valence electrons. The molecule has 6 heteroatoms. The van der Waals surface area contributed by atoms with Crippen molar-refractivity contribution >= 4 is 23.4 Å². The second kappa shape index (κ2) is 8.54. The molecule has 1 aromatic carbocycles. The average Bonchev–Trinajstić information content (AvgIpc) is 2.66. The third-order valence-electron chi connectivity index (χ3n) is 4.74. The number of thioether (sulfide) groups is 1. The van der Waals surface area contributed by atoms with Crippen molar-refractivity contribution in [2.45, 2.75) is 62.8 Å². The van der Waals surface area contributed by atoms with E-state index in [1.54, 1.807) is 0 Å². The second-order valence-electron chi connectivity index (χ2n) is 6.52. The summed E-state index contributed by atoms with van der Waals surface area (Å²) in [5.41, 5.74) is 3.62. The molecule has 1 heterocycles. The molecular formula is C20H25N3O2S. The van der Waals surface area contributed by atoms with E-state index in [1.807, 2.05) is 31.2 Å². The predicted octanol–water partition coefficient (Wildman–Crippen LogP) is 3.72. The quantitative estimate of drug-likeness (QED) is 0.599. The van der Waals surface area contributed by atoms with Crippen LogP contribution in [0.4, 0.5) is 5.69 Å². The molecule has 3 rings (SSSR count). The summed E-state index contributed by atoms with van der Waals surface area (Å²) < 4.78 is 0. The van der Waals surface area contributed by atoms with Crippen LogP contribution >= 0.6 is 11.8 Å². The number of hydrogen-bond acceptors (Lipinski definition) is 4. The van der Waals surface area contributed by atoms with Crippen molar-refractivity contribution < 1.29 is 4.79 Å². The van der Waals surface area contributed by atoms with E-state index in [4.69, 9.17) is 0 Å². The Bertz CT molecular complexity index is 847. The van der Waals surface area contributed by atoms with Crippen LogP contribution in [0.3, 0.4) is 0 Å². The summed E-state index contributed by atoms with van der Waals surface area (Å²) >= 11 is 1.34. The Hall–Kier alpha value is -2.08. The van der Waals surface area contributed by atoms with Crippen molar-refractivity contribution in [1.29, 1.82) is 0 Å². The Kier molecular flexibility index (Phi) is 6.14. The van der Waals surface area contributed by atoms with Gasteiger partial charge in [0.15, 0.2) is 5.16 Å². The fraction of sp³-hybridized carbons (Fsp3) is 0.450. The fourth-order valence-electron chi connectivity index (χ4n) is 3.26. The largest absolute Gasteiger partial charge is 0.325 e. The van der Waals surface area contributed by atoms with E-state index in [2.05, 4.69) is 22.2 Å². The molecule has 2 N–H and O–H groups in total. The van der Waals surface area contributed by atoms with E-state index >= 15 is 0 Å². The molecule has 0 aliphatic heterocycles. The second-order valence-corrected chi connectivity index (χ2v) is 7.71. The number of aromatic nitrogens is 2. The first-order chi connectivity index (χ1) is 12.6. The highest BCUT2D eigenvalue weighted by Crippen LogP contribution is 2.26. The van der Waals surface area contributed by atoms with Gasteiger partial charge in [-0.3, -0.25) is 9.59 Å². The lowest BCUT2D eigenvalue weighted by atomic mass is 9.97. The molecule has 0 bridgehead atoms. The van der Waals surface area contributed by atoms with Crippen molar-refractivity contribution in [3.63, 3.8) is 0 Å². The zero-order chi connectivity index (χ0) is 18.5. The third-order valence-corrected chi connectivity index (χ3v) is 5.99. The molecule has 1 unspecified atom stereocenters. The standard InChI is InChI=1S/C20H25N3O2S/c1-3-13-9-5-7-11-15(13)21-19(25)17(4-2)26-20-22-16-12-8-6-10-14(16)18(24)23-20/h5,7,9,11,17H,3-4,6,8,10,12H2,1-2H3,(H,21,25)(H,22,23,24). The van der Waals surface area contributed by atoms with E-state index < -0.39 is 0 Å². The van der Waals surface area contributed by atoms with Crippen molar-refractivity contribution in [3.8, 4) is 0 Å². The van der Waals surface area contributed by atoms with Gasteiger partial charge in [0.25, 0.3) is 5.56 Å². The number of hydrogen-bond donors (Lipinski definition) is 2. The number of fused-ring (bicyclic) bond motifs is 1. The van der Waals surface area contributed by atoms with Gasteiger partial charge >= 0.3 is 0 Å². The number of nitrogens with one attached hydrogen (secondary N) is 2. The van der Waals surface area contributed by atoms with Crippen LogP contribution in [0.2, 0.25) is 0 Å². The number of rotatable bonds is 6. The molecule has 0 spiro atoms. The highest BCUT2D eigenvalue weighted by Gasteiger charge is 2.22. The topological polar surface area (TPSA) is 74.8 Å². The first kappa shape index (κ1) is 18.7. The number of anilines is 1. The van der Waals surface area contributed by atoms with Gasteiger partial charge in [0, 0.05) is 11.3 Å². The monoisotopic (exact) mass is 371 g/mol. The predicted molar refractivity (Wildman–Crippen MR) is 106 cm³/mol. The van der Waals surface area contributed by atoms with Crippen LogP contribution in [0.1, 0.15) is 49.9 Å². The maximum Gasteiger partial charge on any atom is 0.254 e. The lowest BCUT2D eigenvalue weighted by Crippen LogP contribution is -2.27. The first-order valence-corrected chi connectivity index (χ1v) is 10.2. The highest BCUT2D eigenvalue weighted by atomic mass is 32.2. The van der Waals surface area contributed by atoms with Crippen molar-refractivity contribution in [1.82, 2.24) is 9.97 Å². The lowest BCUT2D eigenvalue weighted by molar-refractivity contribution is -0.115. The Balaban J connectivity index is 1.76. The molecule has 1 atom stereocenters. The molecule has 1 aromatic heterocycles. The summed E-state index contributed by atoms with van der Waals surface area (Å²) in [4.78, 5) is 32.5. The summed E-state index contributed by atoms with van der Waals surface area (Å²) in [6, 6.07) is 7.84. The zero-order valence-electron chi connectivity index (χ0n) is 15.3. The third kappa shape index (κ3) is 4.18. The molecule has 2 aromatic rings. The summed E-state index contributed by atoms with van der Waals surface area (Å²) in [6.45, 7) is 4.04. The number of aryl methyl sites for hydroxylation is 2. The number of benzene rings is 1. The normalized spacial score (nSPS) is 14.5. The smallest absolute Gasteiger partial charge is 0.254 e. The highest BCUT2D eigenvalue weighted by molar-refractivity contribution is 8.00.